The van der Waals surface area contributed by atoms with Gasteiger partial charge in [-0.15, -0.1) is 0 Å². The van der Waals surface area contributed by atoms with Gasteiger partial charge in [-0.1, -0.05) is 0 Å². The summed E-state index contributed by atoms with van der Waals surface area (Å²) in [5.74, 6) is -0.793. The van der Waals surface area contributed by atoms with E-state index in [4.69, 9.17) is 0 Å². The lowest BCUT2D eigenvalue weighted by molar-refractivity contribution is -0.138. The molecule has 0 spiro atoms. The van der Waals surface area contributed by atoms with E-state index in [0.717, 1.165) is 12.1 Å². The Kier molecular flexibility index (Phi) is 3.08. The molecule has 0 fully saturated rings. The van der Waals surface area contributed by atoms with Crippen LogP contribution in [0, 0.1) is 6.92 Å². The van der Waals surface area contributed by atoms with Gasteiger partial charge in [0.25, 0.3) is 0 Å². The standard InChI is InChI=1S/C13H11F3N4O2/c1-7-2-8(13(14,15)16)3-10(18-7)20-9(12(21)22)5-19-6-17-4-11(19)20/h2-4,6,9H,5H2,1H3,(H,21,22). The van der Waals surface area contributed by atoms with Gasteiger partial charge in [-0.3, -0.25) is 4.90 Å². The molecule has 3 heterocycles. The Balaban J connectivity index is 2.13. The van der Waals surface area contributed by atoms with Crippen LogP contribution in [0.2, 0.25) is 0 Å². The summed E-state index contributed by atoms with van der Waals surface area (Å²) in [6, 6.07) is 0.756. The van der Waals surface area contributed by atoms with Gasteiger partial charge < -0.3 is 9.67 Å². The molecule has 0 radical (unpaired) electrons. The quantitative estimate of drug-likeness (QED) is 0.920. The second-order valence-electron chi connectivity index (χ2n) is 4.98. The number of carboxylic acid groups (broad SMARTS) is 1. The predicted octanol–water partition coefficient (Wildman–Crippen LogP) is 2.21. The van der Waals surface area contributed by atoms with E-state index in [1.807, 2.05) is 0 Å². The fraction of sp³-hybridized carbons (Fsp3) is 0.308. The molecule has 0 saturated heterocycles. The topological polar surface area (TPSA) is 71.2 Å². The Bertz CT molecular complexity index is 741. The van der Waals surface area contributed by atoms with E-state index < -0.39 is 23.8 Å². The highest BCUT2D eigenvalue weighted by Crippen LogP contribution is 2.36. The minimum atomic E-state index is -4.53. The van der Waals surface area contributed by atoms with E-state index in [9.17, 15) is 23.1 Å². The Hall–Kier alpha value is -2.58. The number of halogens is 3. The number of fused-ring (bicyclic) bond motifs is 1. The van der Waals surface area contributed by atoms with Gasteiger partial charge in [0.15, 0.2) is 6.04 Å². The van der Waals surface area contributed by atoms with Crippen molar-refractivity contribution in [3.05, 3.63) is 35.9 Å². The van der Waals surface area contributed by atoms with Crippen molar-refractivity contribution in [1.82, 2.24) is 14.5 Å². The number of hydrogen-bond donors (Lipinski definition) is 1. The van der Waals surface area contributed by atoms with Gasteiger partial charge in [0, 0.05) is 5.69 Å². The van der Waals surface area contributed by atoms with Crippen LogP contribution in [0.15, 0.2) is 24.7 Å². The molecule has 0 aromatic carbocycles. The molecule has 0 amide bonds. The van der Waals surface area contributed by atoms with Gasteiger partial charge in [0.2, 0.25) is 0 Å². The molecule has 1 unspecified atom stereocenters. The van der Waals surface area contributed by atoms with Gasteiger partial charge in [0.1, 0.15) is 11.6 Å². The maximum atomic E-state index is 12.9. The number of aliphatic carboxylic acids is 1. The molecule has 9 heteroatoms. The molecule has 0 saturated carbocycles. The van der Waals surface area contributed by atoms with Crippen LogP contribution in [0.5, 0.6) is 0 Å². The van der Waals surface area contributed by atoms with Crippen molar-refractivity contribution >= 4 is 17.6 Å². The van der Waals surface area contributed by atoms with Gasteiger partial charge in [-0.2, -0.15) is 13.2 Å². The summed E-state index contributed by atoms with van der Waals surface area (Å²) < 4.78 is 40.4. The van der Waals surface area contributed by atoms with E-state index in [2.05, 4.69) is 9.97 Å². The second kappa shape index (κ2) is 4.72. The van der Waals surface area contributed by atoms with Crippen molar-refractivity contribution in [2.75, 3.05) is 4.90 Å². The van der Waals surface area contributed by atoms with Crippen molar-refractivity contribution in [2.24, 2.45) is 0 Å². The summed E-state index contributed by atoms with van der Waals surface area (Å²) in [6.45, 7) is 1.53. The Labute approximate surface area is 122 Å². The number of carboxylic acids is 1. The van der Waals surface area contributed by atoms with Crippen molar-refractivity contribution in [1.29, 1.82) is 0 Å². The summed E-state index contributed by atoms with van der Waals surface area (Å²) in [7, 11) is 0. The van der Waals surface area contributed by atoms with Crippen molar-refractivity contribution in [3.8, 4) is 0 Å². The Morgan fingerprint density at radius 1 is 1.41 bits per heavy atom. The zero-order valence-electron chi connectivity index (χ0n) is 11.4. The third-order valence-corrected chi connectivity index (χ3v) is 3.42. The van der Waals surface area contributed by atoms with Gasteiger partial charge in [0.05, 0.1) is 24.6 Å². The third-order valence-electron chi connectivity index (χ3n) is 3.42. The smallest absolute Gasteiger partial charge is 0.416 e. The number of aromatic nitrogens is 3. The summed E-state index contributed by atoms with van der Waals surface area (Å²) in [5.41, 5.74) is -0.705. The number of nitrogens with zero attached hydrogens (tertiary/aromatic N) is 4. The molecule has 22 heavy (non-hydrogen) atoms. The minimum Gasteiger partial charge on any atom is -0.480 e. The maximum Gasteiger partial charge on any atom is 0.416 e. The molecule has 1 N–H and O–H groups in total. The summed E-state index contributed by atoms with van der Waals surface area (Å²) >= 11 is 0. The lowest BCUT2D eigenvalue weighted by Gasteiger charge is -2.23. The molecular formula is C13H11F3N4O2. The van der Waals surface area contributed by atoms with Crippen LogP contribution in [0.1, 0.15) is 11.3 Å². The Morgan fingerprint density at radius 3 is 2.77 bits per heavy atom. The highest BCUT2D eigenvalue weighted by molar-refractivity contribution is 5.82. The van der Waals surface area contributed by atoms with Crippen LogP contribution in [-0.2, 0) is 17.5 Å². The lowest BCUT2D eigenvalue weighted by atomic mass is 10.2. The number of pyridine rings is 1. The summed E-state index contributed by atoms with van der Waals surface area (Å²) in [4.78, 5) is 20.6. The van der Waals surface area contributed by atoms with E-state index in [-0.39, 0.29) is 18.1 Å². The highest BCUT2D eigenvalue weighted by Gasteiger charge is 2.38. The van der Waals surface area contributed by atoms with E-state index >= 15 is 0 Å². The van der Waals surface area contributed by atoms with Crippen LogP contribution in [0.25, 0.3) is 0 Å². The van der Waals surface area contributed by atoms with Gasteiger partial charge in [-0.25, -0.2) is 14.8 Å². The van der Waals surface area contributed by atoms with Crippen LogP contribution in [0.4, 0.5) is 24.8 Å². The van der Waals surface area contributed by atoms with Crippen LogP contribution >= 0.6 is 0 Å². The summed E-state index contributed by atoms with van der Waals surface area (Å²) in [5, 5.41) is 9.31. The normalized spacial score (nSPS) is 17.6. The molecule has 1 atom stereocenters. The second-order valence-corrected chi connectivity index (χ2v) is 4.98. The van der Waals surface area contributed by atoms with E-state index in [0.29, 0.717) is 5.82 Å². The first-order valence-electron chi connectivity index (χ1n) is 6.35. The average molecular weight is 312 g/mol. The number of carbonyl (C=O) groups is 1. The largest absolute Gasteiger partial charge is 0.480 e. The molecular weight excluding hydrogens is 301 g/mol. The molecule has 1 aliphatic rings. The molecule has 2 aromatic heterocycles. The van der Waals surface area contributed by atoms with Crippen molar-refractivity contribution in [3.63, 3.8) is 0 Å². The molecule has 3 rings (SSSR count). The molecule has 0 bridgehead atoms. The number of aryl methyl sites for hydroxylation is 1. The predicted molar refractivity (Wildman–Crippen MR) is 69.8 cm³/mol. The Morgan fingerprint density at radius 2 is 2.14 bits per heavy atom. The first kappa shape index (κ1) is 14.4. The van der Waals surface area contributed by atoms with Crippen LogP contribution in [0.3, 0.4) is 0 Å². The average Bonchev–Trinajstić information content (AvgIpc) is 2.96. The van der Waals surface area contributed by atoms with E-state index in [1.54, 1.807) is 4.57 Å². The molecule has 2 aromatic rings. The number of imidazole rings is 1. The maximum absolute atomic E-state index is 12.9. The third kappa shape index (κ3) is 2.28. The minimum absolute atomic E-state index is 0.0565. The van der Waals surface area contributed by atoms with E-state index in [1.165, 1.54) is 24.3 Å². The SMILES string of the molecule is Cc1cc(C(F)(F)F)cc(N2c3cncn3CC2C(=O)O)n1. The molecule has 1 aliphatic heterocycles. The fourth-order valence-corrected chi connectivity index (χ4v) is 2.49. The zero-order valence-corrected chi connectivity index (χ0v) is 11.4. The fourth-order valence-electron chi connectivity index (χ4n) is 2.49. The zero-order chi connectivity index (χ0) is 16.1. The summed E-state index contributed by atoms with van der Waals surface area (Å²) in [6.07, 6.45) is -1.69. The number of rotatable bonds is 2. The number of hydrogen-bond acceptors (Lipinski definition) is 4. The number of alkyl halides is 3. The van der Waals surface area contributed by atoms with Crippen LogP contribution in [-0.4, -0.2) is 31.7 Å². The first-order valence-corrected chi connectivity index (χ1v) is 6.35. The van der Waals surface area contributed by atoms with Gasteiger partial charge >= 0.3 is 12.1 Å². The number of anilines is 2. The first-order chi connectivity index (χ1) is 10.3. The monoisotopic (exact) mass is 312 g/mol. The van der Waals surface area contributed by atoms with Crippen LogP contribution < -0.4 is 4.90 Å². The lowest BCUT2D eigenvalue weighted by Crippen LogP contribution is -2.36. The molecule has 0 aliphatic carbocycles. The highest BCUT2D eigenvalue weighted by atomic mass is 19.4. The molecule has 6 nitrogen and oxygen atoms in total. The van der Waals surface area contributed by atoms with Gasteiger partial charge in [-0.05, 0) is 19.1 Å². The van der Waals surface area contributed by atoms with Crippen molar-refractivity contribution < 1.29 is 23.1 Å². The molecule has 116 valence electrons. The van der Waals surface area contributed by atoms with Crippen molar-refractivity contribution in [2.45, 2.75) is 25.7 Å².